The van der Waals surface area contributed by atoms with Gasteiger partial charge >= 0.3 is 5.97 Å². The second-order valence-electron chi connectivity index (χ2n) is 5.06. The summed E-state index contributed by atoms with van der Waals surface area (Å²) in [4.78, 5) is 36.1. The number of hydrogen-bond acceptors (Lipinski definition) is 3. The molecule has 3 aliphatic rings. The highest BCUT2D eigenvalue weighted by Gasteiger charge is 2.60. The van der Waals surface area contributed by atoms with Crippen molar-refractivity contribution in [1.29, 1.82) is 0 Å². The van der Waals surface area contributed by atoms with E-state index in [-0.39, 0.29) is 35.5 Å². The average molecular weight is 235 g/mol. The lowest BCUT2D eigenvalue weighted by molar-refractivity contribution is -0.154. The van der Waals surface area contributed by atoms with Crippen molar-refractivity contribution < 1.29 is 19.5 Å². The van der Waals surface area contributed by atoms with Gasteiger partial charge in [0, 0.05) is 0 Å². The maximum Gasteiger partial charge on any atom is 0.326 e. The van der Waals surface area contributed by atoms with Crippen molar-refractivity contribution in [2.24, 2.45) is 23.7 Å². The molecule has 5 nitrogen and oxygen atoms in total. The molecular weight excluding hydrogens is 222 g/mol. The number of allylic oxidation sites excluding steroid dienone is 2. The number of rotatable bonds is 2. The minimum Gasteiger partial charge on any atom is -0.480 e. The smallest absolute Gasteiger partial charge is 0.326 e. The van der Waals surface area contributed by atoms with Crippen LogP contribution in [0.5, 0.6) is 0 Å². The Balaban J connectivity index is 1.95. The zero-order chi connectivity index (χ0) is 12.3. The molecule has 1 aliphatic heterocycles. The van der Waals surface area contributed by atoms with Crippen LogP contribution < -0.4 is 0 Å². The summed E-state index contributed by atoms with van der Waals surface area (Å²) in [6, 6.07) is -1.06. The Morgan fingerprint density at radius 2 is 1.76 bits per heavy atom. The molecule has 17 heavy (non-hydrogen) atoms. The summed E-state index contributed by atoms with van der Waals surface area (Å²) in [5.41, 5.74) is 0. The average Bonchev–Trinajstić information content (AvgIpc) is 2.92. The largest absolute Gasteiger partial charge is 0.480 e. The number of amides is 2. The van der Waals surface area contributed by atoms with E-state index < -0.39 is 12.0 Å². The van der Waals surface area contributed by atoms with Gasteiger partial charge in [-0.1, -0.05) is 12.2 Å². The van der Waals surface area contributed by atoms with Crippen LogP contribution in [0.25, 0.3) is 0 Å². The van der Waals surface area contributed by atoms with Gasteiger partial charge in [0.25, 0.3) is 0 Å². The van der Waals surface area contributed by atoms with E-state index in [1.165, 1.54) is 6.92 Å². The van der Waals surface area contributed by atoms with Crippen molar-refractivity contribution in [3.05, 3.63) is 12.2 Å². The summed E-state index contributed by atoms with van der Waals surface area (Å²) in [5, 5.41) is 8.93. The molecule has 0 unspecified atom stereocenters. The van der Waals surface area contributed by atoms with E-state index in [0.29, 0.717) is 0 Å². The van der Waals surface area contributed by atoms with Crippen molar-refractivity contribution >= 4 is 17.8 Å². The van der Waals surface area contributed by atoms with Crippen molar-refractivity contribution in [3.63, 3.8) is 0 Å². The number of imide groups is 1. The number of carboxylic acids is 1. The SMILES string of the molecule is C[C@@H](C(=O)O)N1C(=O)[C@@H]2[C@H](C1=O)[C@H]1C=C[C@H]2C1. The lowest BCUT2D eigenvalue weighted by Crippen LogP contribution is -2.44. The number of fused-ring (bicyclic) bond motifs is 5. The van der Waals surface area contributed by atoms with Crippen LogP contribution in [0, 0.1) is 23.7 Å². The van der Waals surface area contributed by atoms with Gasteiger partial charge in [-0.15, -0.1) is 0 Å². The lowest BCUT2D eigenvalue weighted by Gasteiger charge is -2.20. The van der Waals surface area contributed by atoms with Crippen molar-refractivity contribution in [3.8, 4) is 0 Å². The Labute approximate surface area is 98.1 Å². The fraction of sp³-hybridized carbons (Fsp3) is 0.583. The van der Waals surface area contributed by atoms with E-state index in [4.69, 9.17) is 5.11 Å². The third-order valence-electron chi connectivity index (χ3n) is 4.25. The van der Waals surface area contributed by atoms with Crippen molar-refractivity contribution in [2.75, 3.05) is 0 Å². The van der Waals surface area contributed by atoms with Crippen LogP contribution in [0.4, 0.5) is 0 Å². The first-order chi connectivity index (χ1) is 8.02. The predicted octanol–water partition coefficient (Wildman–Crippen LogP) is 0.267. The first kappa shape index (κ1) is 10.5. The maximum atomic E-state index is 12.1. The molecule has 3 rings (SSSR count). The van der Waals surface area contributed by atoms with Crippen LogP contribution in [-0.2, 0) is 14.4 Å². The molecule has 5 atom stereocenters. The number of hydrogen-bond donors (Lipinski definition) is 1. The second-order valence-corrected chi connectivity index (χ2v) is 5.06. The Bertz CT molecular complexity index is 425. The van der Waals surface area contributed by atoms with Crippen molar-refractivity contribution in [2.45, 2.75) is 19.4 Å². The predicted molar refractivity (Wildman–Crippen MR) is 56.7 cm³/mol. The lowest BCUT2D eigenvalue weighted by atomic mass is 9.85. The van der Waals surface area contributed by atoms with Gasteiger partial charge < -0.3 is 5.11 Å². The zero-order valence-corrected chi connectivity index (χ0v) is 9.37. The molecule has 0 aromatic heterocycles. The van der Waals surface area contributed by atoms with E-state index in [2.05, 4.69) is 0 Å². The third kappa shape index (κ3) is 1.16. The molecule has 0 radical (unpaired) electrons. The minimum atomic E-state index is -1.13. The van der Waals surface area contributed by atoms with Gasteiger partial charge in [-0.2, -0.15) is 0 Å². The number of nitrogens with zero attached hydrogens (tertiary/aromatic N) is 1. The van der Waals surface area contributed by atoms with Gasteiger partial charge in [-0.3, -0.25) is 14.5 Å². The van der Waals surface area contributed by atoms with Crippen LogP contribution in [-0.4, -0.2) is 33.8 Å². The van der Waals surface area contributed by atoms with Crippen LogP contribution in [0.15, 0.2) is 12.2 Å². The van der Waals surface area contributed by atoms with Crippen LogP contribution in [0.2, 0.25) is 0 Å². The summed E-state index contributed by atoms with van der Waals surface area (Å²) in [6.07, 6.45) is 4.85. The zero-order valence-electron chi connectivity index (χ0n) is 9.37. The quantitative estimate of drug-likeness (QED) is 0.550. The normalized spacial score (nSPS) is 39.9. The van der Waals surface area contributed by atoms with Crippen LogP contribution in [0.3, 0.4) is 0 Å². The van der Waals surface area contributed by atoms with Gasteiger partial charge in [0.2, 0.25) is 11.8 Å². The summed E-state index contributed by atoms with van der Waals surface area (Å²) < 4.78 is 0. The Kier molecular flexibility index (Phi) is 1.97. The molecule has 2 fully saturated rings. The van der Waals surface area contributed by atoms with E-state index in [1.54, 1.807) is 0 Å². The monoisotopic (exact) mass is 235 g/mol. The van der Waals surface area contributed by atoms with Crippen molar-refractivity contribution in [1.82, 2.24) is 4.90 Å². The van der Waals surface area contributed by atoms with E-state index in [9.17, 15) is 14.4 Å². The highest BCUT2D eigenvalue weighted by atomic mass is 16.4. The summed E-state index contributed by atoms with van der Waals surface area (Å²) in [7, 11) is 0. The van der Waals surface area contributed by atoms with Gasteiger partial charge in [0.15, 0.2) is 0 Å². The molecule has 0 aromatic rings. The molecule has 1 saturated heterocycles. The molecule has 1 N–H and O–H groups in total. The molecule has 0 spiro atoms. The molecular formula is C12H13NO4. The summed E-state index contributed by atoms with van der Waals surface area (Å²) in [5.74, 6) is -2.08. The Hall–Kier alpha value is -1.65. The van der Waals surface area contributed by atoms with Gasteiger partial charge in [0.1, 0.15) is 6.04 Å². The van der Waals surface area contributed by atoms with Gasteiger partial charge in [-0.25, -0.2) is 4.79 Å². The molecule has 1 saturated carbocycles. The number of aliphatic carboxylic acids is 1. The Morgan fingerprint density at radius 3 is 2.18 bits per heavy atom. The molecule has 2 bridgehead atoms. The highest BCUT2D eigenvalue weighted by molar-refractivity contribution is 6.08. The number of likely N-dealkylation sites (tertiary alicyclic amines) is 1. The summed E-state index contributed by atoms with van der Waals surface area (Å²) >= 11 is 0. The fourth-order valence-electron chi connectivity index (χ4n) is 3.42. The second kappa shape index (κ2) is 3.18. The molecule has 1 heterocycles. The van der Waals surface area contributed by atoms with Gasteiger partial charge in [0.05, 0.1) is 11.8 Å². The highest BCUT2D eigenvalue weighted by Crippen LogP contribution is 2.52. The standard InChI is InChI=1S/C12H13NO4/c1-5(12(16)17)13-10(14)8-6-2-3-7(4-6)9(8)11(13)15/h2-3,5-9H,4H2,1H3,(H,16,17)/t5-,6-,7-,8-,9+/m0/s1. The third-order valence-corrected chi connectivity index (χ3v) is 4.25. The van der Waals surface area contributed by atoms with Gasteiger partial charge in [-0.05, 0) is 25.2 Å². The molecule has 90 valence electrons. The van der Waals surface area contributed by atoms with Crippen LogP contribution in [0.1, 0.15) is 13.3 Å². The maximum absolute atomic E-state index is 12.1. The van der Waals surface area contributed by atoms with Crippen LogP contribution >= 0.6 is 0 Å². The number of carboxylic acid groups (broad SMARTS) is 1. The number of carbonyl (C=O) groups excluding carboxylic acids is 2. The first-order valence-electron chi connectivity index (χ1n) is 5.80. The van der Waals surface area contributed by atoms with E-state index >= 15 is 0 Å². The first-order valence-corrected chi connectivity index (χ1v) is 5.80. The minimum absolute atomic E-state index is 0.132. The molecule has 2 aliphatic carbocycles. The fourth-order valence-corrected chi connectivity index (χ4v) is 3.42. The summed E-state index contributed by atoms with van der Waals surface area (Å²) in [6.45, 7) is 1.38. The molecule has 2 amide bonds. The molecule has 5 heteroatoms. The van der Waals surface area contributed by atoms with E-state index in [0.717, 1.165) is 11.3 Å². The van der Waals surface area contributed by atoms with E-state index in [1.807, 2.05) is 12.2 Å². The number of carbonyl (C=O) groups is 3. The molecule has 0 aromatic carbocycles. The topological polar surface area (TPSA) is 74.7 Å². The Morgan fingerprint density at radius 1 is 1.29 bits per heavy atom.